The van der Waals surface area contributed by atoms with Gasteiger partial charge < -0.3 is 15.0 Å². The first-order valence-electron chi connectivity index (χ1n) is 11.0. The molecule has 2 aliphatic rings. The molecule has 1 N–H and O–H groups in total. The molecular formula is C25H29BrN4O2. The van der Waals surface area contributed by atoms with Crippen LogP contribution in [0.4, 0.5) is 10.6 Å². The zero-order valence-corrected chi connectivity index (χ0v) is 20.6. The van der Waals surface area contributed by atoms with Gasteiger partial charge in [0.15, 0.2) is 0 Å². The highest BCUT2D eigenvalue weighted by molar-refractivity contribution is 9.10. The summed E-state index contributed by atoms with van der Waals surface area (Å²) >= 11 is 3.46. The van der Waals surface area contributed by atoms with E-state index >= 15 is 0 Å². The number of aromatic nitrogens is 1. The van der Waals surface area contributed by atoms with Crippen molar-refractivity contribution in [3.63, 3.8) is 0 Å². The van der Waals surface area contributed by atoms with Gasteiger partial charge in [0.2, 0.25) is 0 Å². The molecular weight excluding hydrogens is 468 g/mol. The summed E-state index contributed by atoms with van der Waals surface area (Å²) in [5.41, 5.74) is 3.31. The second-order valence-electron chi connectivity index (χ2n) is 9.84. The normalized spacial score (nSPS) is 19.4. The van der Waals surface area contributed by atoms with Crippen LogP contribution in [0.15, 0.2) is 34.8 Å². The van der Waals surface area contributed by atoms with Crippen LogP contribution < -0.4 is 10.2 Å². The molecule has 0 bridgehead atoms. The zero-order valence-electron chi connectivity index (χ0n) is 19.0. The number of hydrogen-bond donors (Lipinski definition) is 1. The van der Waals surface area contributed by atoms with Gasteiger partial charge in [-0.05, 0) is 80.1 Å². The van der Waals surface area contributed by atoms with E-state index in [0.717, 1.165) is 48.3 Å². The number of benzene rings is 1. The lowest BCUT2D eigenvalue weighted by Crippen LogP contribution is -2.48. The number of fused-ring (bicyclic) bond motifs is 1. The van der Waals surface area contributed by atoms with Crippen LogP contribution in [0, 0.1) is 23.7 Å². The number of aryl methyl sites for hydroxylation is 1. The summed E-state index contributed by atoms with van der Waals surface area (Å²) in [4.78, 5) is 19.6. The standard InChI is InChI=1S/C25H29BrN4O2/c1-16-21(26)18(15-27)13-20(28-16)30-11-9-25(10-12-30)14-17-7-5-6-8-19(17)22(25)29-23(31)32-24(2,3)4/h5-8,13,22H,9-12,14H2,1-4H3,(H,29,31)/t22-/m1/s1. The van der Waals surface area contributed by atoms with E-state index in [0.29, 0.717) is 5.56 Å². The number of rotatable bonds is 2. The van der Waals surface area contributed by atoms with Gasteiger partial charge in [-0.1, -0.05) is 24.3 Å². The largest absolute Gasteiger partial charge is 0.444 e. The van der Waals surface area contributed by atoms with Gasteiger partial charge in [-0.3, -0.25) is 0 Å². The van der Waals surface area contributed by atoms with Crippen LogP contribution in [0.5, 0.6) is 0 Å². The number of nitrogens with one attached hydrogen (secondary N) is 1. The molecule has 0 radical (unpaired) electrons. The fourth-order valence-corrected chi connectivity index (χ4v) is 5.27. The summed E-state index contributed by atoms with van der Waals surface area (Å²) < 4.78 is 6.34. The number of ether oxygens (including phenoxy) is 1. The Morgan fingerprint density at radius 1 is 1.31 bits per heavy atom. The lowest BCUT2D eigenvalue weighted by molar-refractivity contribution is 0.0428. The average molecular weight is 497 g/mol. The summed E-state index contributed by atoms with van der Waals surface area (Å²) in [6.45, 7) is 9.19. The maximum absolute atomic E-state index is 12.7. The molecule has 2 aromatic rings. The number of halogens is 1. The number of carbonyl (C=O) groups excluding carboxylic acids is 1. The van der Waals surface area contributed by atoms with Crippen molar-refractivity contribution in [2.75, 3.05) is 18.0 Å². The third-order valence-corrected chi connectivity index (χ3v) is 7.50. The maximum atomic E-state index is 12.7. The Labute approximate surface area is 198 Å². The second kappa shape index (κ2) is 8.40. The van der Waals surface area contributed by atoms with Crippen LogP contribution in [0.3, 0.4) is 0 Å². The molecule has 168 valence electrons. The molecule has 0 unspecified atom stereocenters. The number of pyridine rings is 1. The van der Waals surface area contributed by atoms with E-state index in [4.69, 9.17) is 9.72 Å². The molecule has 1 aliphatic carbocycles. The molecule has 2 heterocycles. The maximum Gasteiger partial charge on any atom is 0.408 e. The second-order valence-corrected chi connectivity index (χ2v) is 10.6. The van der Waals surface area contributed by atoms with Crippen molar-refractivity contribution in [2.24, 2.45) is 5.41 Å². The number of piperidine rings is 1. The highest BCUT2D eigenvalue weighted by Gasteiger charge is 2.48. The summed E-state index contributed by atoms with van der Waals surface area (Å²) in [7, 11) is 0. The van der Waals surface area contributed by atoms with Crippen molar-refractivity contribution in [1.82, 2.24) is 10.3 Å². The molecule has 1 aromatic heterocycles. The fraction of sp³-hybridized carbons (Fsp3) is 0.480. The van der Waals surface area contributed by atoms with Gasteiger partial charge in [-0.25, -0.2) is 9.78 Å². The van der Waals surface area contributed by atoms with Gasteiger partial charge >= 0.3 is 6.09 Å². The number of anilines is 1. The van der Waals surface area contributed by atoms with Gasteiger partial charge in [0, 0.05) is 18.5 Å². The van der Waals surface area contributed by atoms with Crippen molar-refractivity contribution in [2.45, 2.75) is 58.6 Å². The predicted molar refractivity (Wildman–Crippen MR) is 128 cm³/mol. The quantitative estimate of drug-likeness (QED) is 0.599. The van der Waals surface area contributed by atoms with Crippen LogP contribution in [-0.4, -0.2) is 29.8 Å². The monoisotopic (exact) mass is 496 g/mol. The number of hydrogen-bond acceptors (Lipinski definition) is 5. The Hall–Kier alpha value is -2.59. The first-order valence-corrected chi connectivity index (χ1v) is 11.8. The van der Waals surface area contributed by atoms with Crippen molar-refractivity contribution < 1.29 is 9.53 Å². The van der Waals surface area contributed by atoms with E-state index in [-0.39, 0.29) is 17.6 Å². The molecule has 0 saturated carbocycles. The summed E-state index contributed by atoms with van der Waals surface area (Å²) in [6, 6.07) is 12.4. The first kappa shape index (κ1) is 22.6. The van der Waals surface area contributed by atoms with Gasteiger partial charge in [-0.2, -0.15) is 5.26 Å². The van der Waals surface area contributed by atoms with Gasteiger partial charge in [0.25, 0.3) is 0 Å². The van der Waals surface area contributed by atoms with Crippen LogP contribution in [-0.2, 0) is 11.2 Å². The first-order chi connectivity index (χ1) is 15.1. The molecule has 6 nitrogen and oxygen atoms in total. The van der Waals surface area contributed by atoms with Gasteiger partial charge in [0.05, 0.1) is 21.8 Å². The number of nitriles is 1. The molecule has 1 aliphatic heterocycles. The smallest absolute Gasteiger partial charge is 0.408 e. The lowest BCUT2D eigenvalue weighted by Gasteiger charge is -2.44. The number of alkyl carbamates (subject to hydrolysis) is 1. The topological polar surface area (TPSA) is 78.2 Å². The Morgan fingerprint density at radius 2 is 2.00 bits per heavy atom. The summed E-state index contributed by atoms with van der Waals surface area (Å²) in [6.07, 6.45) is 2.40. The van der Waals surface area contributed by atoms with Crippen molar-refractivity contribution in [3.05, 3.63) is 57.2 Å². The Bertz CT molecular complexity index is 1080. The minimum atomic E-state index is -0.539. The van der Waals surface area contributed by atoms with Crippen LogP contribution in [0.1, 0.15) is 62.0 Å². The van der Waals surface area contributed by atoms with Crippen LogP contribution in [0.2, 0.25) is 0 Å². The molecule has 1 aromatic carbocycles. The highest BCUT2D eigenvalue weighted by Crippen LogP contribution is 2.52. The minimum Gasteiger partial charge on any atom is -0.444 e. The number of carbonyl (C=O) groups is 1. The fourth-order valence-electron chi connectivity index (χ4n) is 4.97. The summed E-state index contributed by atoms with van der Waals surface area (Å²) in [5.74, 6) is 0.837. The van der Waals surface area contributed by atoms with Crippen LogP contribution >= 0.6 is 15.9 Å². The van der Waals surface area contributed by atoms with Crippen molar-refractivity contribution in [1.29, 1.82) is 5.26 Å². The molecule has 1 amide bonds. The van der Waals surface area contributed by atoms with Crippen molar-refractivity contribution >= 4 is 27.8 Å². The van der Waals surface area contributed by atoms with Gasteiger partial charge in [0.1, 0.15) is 17.5 Å². The highest BCUT2D eigenvalue weighted by atomic mass is 79.9. The number of amides is 1. The molecule has 1 spiro atoms. The van der Waals surface area contributed by atoms with E-state index in [1.54, 1.807) is 0 Å². The molecule has 1 atom stereocenters. The van der Waals surface area contributed by atoms with Crippen molar-refractivity contribution in [3.8, 4) is 6.07 Å². The van der Waals surface area contributed by atoms with E-state index in [1.165, 1.54) is 11.1 Å². The Kier molecular flexibility index (Phi) is 5.93. The summed E-state index contributed by atoms with van der Waals surface area (Å²) in [5, 5.41) is 12.7. The SMILES string of the molecule is Cc1nc(N2CCC3(CC2)Cc2ccccc2[C@H]3NC(=O)OC(C)(C)C)cc(C#N)c1Br. The van der Waals surface area contributed by atoms with E-state index in [1.807, 2.05) is 39.8 Å². The molecule has 7 heteroatoms. The average Bonchev–Trinajstić information content (AvgIpc) is 3.02. The molecule has 1 fully saturated rings. The van der Waals surface area contributed by atoms with E-state index in [9.17, 15) is 10.1 Å². The molecule has 1 saturated heterocycles. The van der Waals surface area contributed by atoms with Gasteiger partial charge in [-0.15, -0.1) is 0 Å². The van der Waals surface area contributed by atoms with E-state index in [2.05, 4.69) is 50.4 Å². The molecule has 4 rings (SSSR count). The Balaban J connectivity index is 1.57. The Morgan fingerprint density at radius 3 is 2.66 bits per heavy atom. The number of nitrogens with zero attached hydrogens (tertiary/aromatic N) is 3. The predicted octanol–water partition coefficient (Wildman–Crippen LogP) is 5.43. The third kappa shape index (κ3) is 4.33. The van der Waals surface area contributed by atoms with Crippen LogP contribution in [0.25, 0.3) is 0 Å². The zero-order chi connectivity index (χ0) is 23.1. The minimum absolute atomic E-state index is 0.0560. The molecule has 32 heavy (non-hydrogen) atoms. The third-order valence-electron chi connectivity index (χ3n) is 6.50. The lowest BCUT2D eigenvalue weighted by atomic mass is 9.72. The van der Waals surface area contributed by atoms with E-state index < -0.39 is 5.60 Å².